The largest absolute Gasteiger partial charge is 0.321 e. The number of carbonyl (C=O) groups excluding carboxylic acids is 1. The van der Waals surface area contributed by atoms with Gasteiger partial charge < -0.3 is 4.90 Å². The molecule has 0 bridgehead atoms. The monoisotopic (exact) mass is 208 g/mol. The van der Waals surface area contributed by atoms with E-state index in [0.29, 0.717) is 12.2 Å². The van der Waals surface area contributed by atoms with E-state index < -0.39 is 0 Å². The maximum atomic E-state index is 11.8. The molecule has 5 nitrogen and oxygen atoms in total. The molecule has 1 fully saturated rings. The molecular weight excluding hydrogens is 200 g/mol. The lowest BCUT2D eigenvalue weighted by molar-refractivity contribution is 0.0759. The zero-order chi connectivity index (χ0) is 9.97. The normalized spacial score (nSPS) is 20.8. The number of nitriles is 1. The number of hydrogen-bond donors (Lipinski definition) is 0. The zero-order valence-corrected chi connectivity index (χ0v) is 8.20. The predicted octanol–water partition coefficient (Wildman–Crippen LogP) is 0.666. The molecule has 6 heteroatoms. The molecule has 0 spiro atoms. The van der Waals surface area contributed by atoms with Gasteiger partial charge in [0.1, 0.15) is 6.04 Å². The quantitative estimate of drug-likeness (QED) is 0.680. The van der Waals surface area contributed by atoms with Crippen LogP contribution in [0, 0.1) is 11.3 Å². The molecule has 0 saturated carbocycles. The van der Waals surface area contributed by atoms with Crippen molar-refractivity contribution in [2.75, 3.05) is 6.54 Å². The minimum atomic E-state index is -0.288. The highest BCUT2D eigenvalue weighted by Crippen LogP contribution is 2.18. The van der Waals surface area contributed by atoms with Gasteiger partial charge in [-0.05, 0) is 24.4 Å². The number of hydrogen-bond acceptors (Lipinski definition) is 5. The van der Waals surface area contributed by atoms with Crippen LogP contribution < -0.4 is 0 Å². The fourth-order valence-corrected chi connectivity index (χ4v) is 1.98. The lowest BCUT2D eigenvalue weighted by Crippen LogP contribution is -2.34. The molecule has 1 aliphatic rings. The van der Waals surface area contributed by atoms with E-state index in [9.17, 15) is 4.79 Å². The lowest BCUT2D eigenvalue weighted by atomic mass is 10.2. The third kappa shape index (κ3) is 1.46. The summed E-state index contributed by atoms with van der Waals surface area (Å²) in [6.45, 7) is 0.647. The second-order valence-corrected chi connectivity index (χ2v) is 3.69. The summed E-state index contributed by atoms with van der Waals surface area (Å²) in [5.41, 5.74) is 0.345. The summed E-state index contributed by atoms with van der Waals surface area (Å²) in [6.07, 6.45) is 1.65. The molecule has 1 saturated heterocycles. The first-order valence-electron chi connectivity index (χ1n) is 4.30. The highest BCUT2D eigenvalue weighted by atomic mass is 32.1. The van der Waals surface area contributed by atoms with Crippen molar-refractivity contribution in [2.24, 2.45) is 0 Å². The number of rotatable bonds is 1. The van der Waals surface area contributed by atoms with Gasteiger partial charge in [-0.2, -0.15) is 5.26 Å². The van der Waals surface area contributed by atoms with Crippen molar-refractivity contribution in [3.05, 3.63) is 11.1 Å². The van der Waals surface area contributed by atoms with E-state index >= 15 is 0 Å². The summed E-state index contributed by atoms with van der Waals surface area (Å²) in [5, 5.41) is 14.1. The molecule has 2 heterocycles. The van der Waals surface area contributed by atoms with Gasteiger partial charge in [-0.1, -0.05) is 4.49 Å². The van der Waals surface area contributed by atoms with E-state index in [1.807, 2.05) is 0 Å². The number of likely N-dealkylation sites (tertiary alicyclic amines) is 1. The van der Waals surface area contributed by atoms with Crippen LogP contribution in [0.25, 0.3) is 0 Å². The molecule has 0 radical (unpaired) electrons. The Morgan fingerprint density at radius 1 is 1.79 bits per heavy atom. The maximum Gasteiger partial charge on any atom is 0.276 e. The minimum Gasteiger partial charge on any atom is -0.321 e. The first-order chi connectivity index (χ1) is 6.83. The molecule has 0 N–H and O–H groups in total. The lowest BCUT2D eigenvalue weighted by Gasteiger charge is -2.17. The SMILES string of the molecule is N#CC1CCCN1C(=O)c1csnn1. The van der Waals surface area contributed by atoms with E-state index in [1.54, 1.807) is 10.3 Å². The van der Waals surface area contributed by atoms with Gasteiger partial charge in [0.15, 0.2) is 5.69 Å². The van der Waals surface area contributed by atoms with Gasteiger partial charge in [0.25, 0.3) is 5.91 Å². The van der Waals surface area contributed by atoms with Gasteiger partial charge in [-0.15, -0.1) is 5.10 Å². The van der Waals surface area contributed by atoms with Crippen LogP contribution in [-0.4, -0.2) is 33.0 Å². The van der Waals surface area contributed by atoms with Crippen molar-refractivity contribution in [1.29, 1.82) is 5.26 Å². The summed E-state index contributed by atoms with van der Waals surface area (Å²) >= 11 is 1.14. The van der Waals surface area contributed by atoms with Crippen molar-refractivity contribution >= 4 is 17.4 Å². The van der Waals surface area contributed by atoms with E-state index in [2.05, 4.69) is 15.7 Å². The van der Waals surface area contributed by atoms with E-state index in [4.69, 9.17) is 5.26 Å². The Hall–Kier alpha value is -1.48. The summed E-state index contributed by atoms with van der Waals surface area (Å²) in [5.74, 6) is -0.178. The van der Waals surface area contributed by atoms with Gasteiger partial charge >= 0.3 is 0 Å². The Morgan fingerprint density at radius 2 is 2.64 bits per heavy atom. The smallest absolute Gasteiger partial charge is 0.276 e. The topological polar surface area (TPSA) is 69.9 Å². The standard InChI is InChI=1S/C8H8N4OS/c9-4-6-2-1-3-12(6)8(13)7-5-14-11-10-7/h5-6H,1-3H2. The molecule has 0 aromatic carbocycles. The van der Waals surface area contributed by atoms with Crippen LogP contribution in [0.4, 0.5) is 0 Å². The molecule has 1 aromatic rings. The number of carbonyl (C=O) groups is 1. The number of aromatic nitrogens is 2. The molecular formula is C8H8N4OS. The Bertz CT molecular complexity index is 369. The number of nitrogens with zero attached hydrogens (tertiary/aromatic N) is 4. The summed E-state index contributed by atoms with van der Waals surface area (Å²) < 4.78 is 3.63. The van der Waals surface area contributed by atoms with Crippen LogP contribution in [0.5, 0.6) is 0 Å². The fourth-order valence-electron chi connectivity index (χ4n) is 1.55. The average Bonchev–Trinajstić information content (AvgIpc) is 2.87. The second kappa shape index (κ2) is 3.72. The highest BCUT2D eigenvalue weighted by molar-refractivity contribution is 7.03. The van der Waals surface area contributed by atoms with Crippen molar-refractivity contribution in [1.82, 2.24) is 14.5 Å². The Balaban J connectivity index is 2.16. The Kier molecular flexibility index (Phi) is 2.41. The first-order valence-corrected chi connectivity index (χ1v) is 5.14. The van der Waals surface area contributed by atoms with Gasteiger partial charge in [0, 0.05) is 11.9 Å². The molecule has 1 aliphatic heterocycles. The molecule has 72 valence electrons. The van der Waals surface area contributed by atoms with Crippen molar-refractivity contribution < 1.29 is 4.79 Å². The maximum absolute atomic E-state index is 11.8. The summed E-state index contributed by atoms with van der Waals surface area (Å²) in [4.78, 5) is 13.3. The van der Waals surface area contributed by atoms with Crippen LogP contribution >= 0.6 is 11.5 Å². The highest BCUT2D eigenvalue weighted by Gasteiger charge is 2.30. The molecule has 0 aliphatic carbocycles. The average molecular weight is 208 g/mol. The molecule has 2 rings (SSSR count). The molecule has 1 aromatic heterocycles. The first kappa shape index (κ1) is 9.09. The van der Waals surface area contributed by atoms with Crippen molar-refractivity contribution in [3.8, 4) is 6.07 Å². The predicted molar refractivity (Wildman–Crippen MR) is 49.6 cm³/mol. The Morgan fingerprint density at radius 3 is 3.29 bits per heavy atom. The van der Waals surface area contributed by atoms with Gasteiger partial charge in [-0.3, -0.25) is 4.79 Å². The summed E-state index contributed by atoms with van der Waals surface area (Å²) in [6, 6.07) is 1.83. The van der Waals surface area contributed by atoms with Crippen LogP contribution in [-0.2, 0) is 0 Å². The van der Waals surface area contributed by atoms with Gasteiger partial charge in [0.05, 0.1) is 6.07 Å². The second-order valence-electron chi connectivity index (χ2n) is 3.08. The van der Waals surface area contributed by atoms with Crippen molar-refractivity contribution in [2.45, 2.75) is 18.9 Å². The fraction of sp³-hybridized carbons (Fsp3) is 0.500. The van der Waals surface area contributed by atoms with Gasteiger partial charge in [0.2, 0.25) is 0 Å². The van der Waals surface area contributed by atoms with Crippen LogP contribution in [0.3, 0.4) is 0 Å². The molecule has 1 unspecified atom stereocenters. The van der Waals surface area contributed by atoms with Crippen LogP contribution in [0.15, 0.2) is 5.38 Å². The zero-order valence-electron chi connectivity index (χ0n) is 7.38. The van der Waals surface area contributed by atoms with Gasteiger partial charge in [-0.25, -0.2) is 0 Å². The van der Waals surface area contributed by atoms with E-state index in [1.165, 1.54) is 0 Å². The molecule has 14 heavy (non-hydrogen) atoms. The third-order valence-electron chi connectivity index (χ3n) is 2.24. The van der Waals surface area contributed by atoms with E-state index in [0.717, 1.165) is 24.4 Å². The Labute approximate surface area is 85.1 Å². The van der Waals surface area contributed by atoms with Crippen molar-refractivity contribution in [3.63, 3.8) is 0 Å². The van der Waals surface area contributed by atoms with E-state index in [-0.39, 0.29) is 11.9 Å². The minimum absolute atomic E-state index is 0.178. The van der Waals surface area contributed by atoms with Crippen LogP contribution in [0.2, 0.25) is 0 Å². The summed E-state index contributed by atoms with van der Waals surface area (Å²) in [7, 11) is 0. The molecule has 1 amide bonds. The number of amides is 1. The van der Waals surface area contributed by atoms with Crippen LogP contribution in [0.1, 0.15) is 23.3 Å². The third-order valence-corrected chi connectivity index (χ3v) is 2.75. The molecule has 1 atom stereocenters.